The van der Waals surface area contributed by atoms with Crippen molar-refractivity contribution >= 4 is 39.8 Å². The van der Waals surface area contributed by atoms with Gasteiger partial charge in [0, 0.05) is 23.1 Å². The van der Waals surface area contributed by atoms with Crippen LogP contribution in [-0.4, -0.2) is 59.3 Å². The Morgan fingerprint density at radius 2 is 2.26 bits per heavy atom. The van der Waals surface area contributed by atoms with E-state index in [1.807, 2.05) is 0 Å². The number of aliphatic hydroxyl groups excluding tert-OH is 1. The topological polar surface area (TPSA) is 198 Å². The zero-order valence-electron chi connectivity index (χ0n) is 16.3. The lowest BCUT2D eigenvalue weighted by Crippen LogP contribution is -2.62. The van der Waals surface area contributed by atoms with Crippen LogP contribution in [0.15, 0.2) is 28.7 Å². The van der Waals surface area contributed by atoms with Crippen LogP contribution in [0.4, 0.5) is 5.13 Å². The molecule has 1 aliphatic heterocycles. The number of nitrogen functional groups attached to an aromatic ring is 2. The van der Waals surface area contributed by atoms with E-state index in [9.17, 15) is 14.7 Å². The summed E-state index contributed by atoms with van der Waals surface area (Å²) in [5, 5.41) is 27.6. The van der Waals surface area contributed by atoms with Gasteiger partial charge in [0.05, 0.1) is 6.61 Å². The van der Waals surface area contributed by atoms with Gasteiger partial charge < -0.3 is 36.8 Å². The van der Waals surface area contributed by atoms with Gasteiger partial charge in [-0.2, -0.15) is 0 Å². The van der Waals surface area contributed by atoms with Crippen LogP contribution in [0.2, 0.25) is 0 Å². The number of hydrogen-bond donors (Lipinski definition) is 6. The Labute approximate surface area is 180 Å². The van der Waals surface area contributed by atoms with Crippen molar-refractivity contribution in [2.24, 2.45) is 10.9 Å². The molecule has 1 aromatic carbocycles. The minimum Gasteiger partial charge on any atom is -0.490 e. The molecule has 31 heavy (non-hydrogen) atoms. The number of amidine groups is 1. The molecule has 0 radical (unpaired) electrons. The van der Waals surface area contributed by atoms with Crippen LogP contribution in [0, 0.1) is 5.41 Å². The number of ether oxygens (including phenoxy) is 1. The lowest BCUT2D eigenvalue weighted by Gasteiger charge is -2.26. The first-order valence-corrected chi connectivity index (χ1v) is 9.98. The van der Waals surface area contributed by atoms with Gasteiger partial charge >= 0.3 is 0 Å². The Morgan fingerprint density at radius 1 is 1.45 bits per heavy atom. The third-order valence-corrected chi connectivity index (χ3v) is 4.89. The van der Waals surface area contributed by atoms with Crippen LogP contribution in [0.3, 0.4) is 0 Å². The molecule has 0 spiro atoms. The number of carbonyl (C=O) groups excluding carboxylic acids is 2. The fourth-order valence-corrected chi connectivity index (χ4v) is 3.09. The van der Waals surface area contributed by atoms with Gasteiger partial charge in [0.1, 0.15) is 29.9 Å². The third-order valence-electron chi connectivity index (χ3n) is 4.21. The molecule has 12 nitrogen and oxygen atoms in total. The van der Waals surface area contributed by atoms with Gasteiger partial charge in [-0.05, 0) is 18.2 Å². The molecular formula is C18H21N7O5S. The number of rotatable bonds is 10. The number of nitrogens with two attached hydrogens (primary N) is 2. The Morgan fingerprint density at radius 3 is 2.84 bits per heavy atom. The van der Waals surface area contributed by atoms with E-state index in [1.165, 1.54) is 0 Å². The van der Waals surface area contributed by atoms with E-state index >= 15 is 0 Å². The summed E-state index contributed by atoms with van der Waals surface area (Å²) in [5.74, 6) is -0.614. The molecule has 2 amide bonds. The van der Waals surface area contributed by atoms with Crippen LogP contribution < -0.4 is 26.8 Å². The molecule has 164 valence electrons. The van der Waals surface area contributed by atoms with Crippen LogP contribution in [0.25, 0.3) is 0 Å². The molecule has 0 aliphatic carbocycles. The maximum absolute atomic E-state index is 12.5. The number of anilines is 1. The summed E-state index contributed by atoms with van der Waals surface area (Å²) in [5.41, 5.74) is 12.1. The van der Waals surface area contributed by atoms with Crippen molar-refractivity contribution in [3.8, 4) is 5.75 Å². The Balaban J connectivity index is 1.60. The molecule has 2 heterocycles. The molecule has 13 heteroatoms. The summed E-state index contributed by atoms with van der Waals surface area (Å²) in [6.45, 7) is 0.0931. The molecule has 1 fully saturated rings. The summed E-state index contributed by atoms with van der Waals surface area (Å²) in [6.07, 6.45) is 0. The number of aromatic nitrogens is 1. The lowest BCUT2D eigenvalue weighted by atomic mass is 10.1. The van der Waals surface area contributed by atoms with Crippen molar-refractivity contribution in [3.05, 3.63) is 40.4 Å². The van der Waals surface area contributed by atoms with E-state index in [1.54, 1.807) is 23.6 Å². The summed E-state index contributed by atoms with van der Waals surface area (Å²) in [7, 11) is 0. The van der Waals surface area contributed by atoms with Crippen molar-refractivity contribution in [3.63, 3.8) is 0 Å². The highest BCUT2D eigenvalue weighted by atomic mass is 32.1. The number of carbonyl (C=O) groups is 2. The average molecular weight is 447 g/mol. The summed E-state index contributed by atoms with van der Waals surface area (Å²) in [4.78, 5) is 33.1. The van der Waals surface area contributed by atoms with Gasteiger partial charge in [-0.3, -0.25) is 15.0 Å². The standard InChI is InChI=1S/C18H21N7O5S/c19-15(20)9-1-2-13(10(5-9)7-26)29-3-4-30-25-14(12-8-31-18(21)24-12)17(28)23-11-6-22-16(11)27/h1-2,5,8,11,26H,3-4,6-7H2,(H3,19,20)(H2,21,24)(H,22,27)(H,23,28)/b25-14-/t11-/m0/s1. The van der Waals surface area contributed by atoms with Crippen LogP contribution in [-0.2, 0) is 21.0 Å². The molecule has 1 atom stereocenters. The number of thiazole rings is 1. The van der Waals surface area contributed by atoms with Gasteiger partial charge in [0.15, 0.2) is 17.5 Å². The highest BCUT2D eigenvalue weighted by molar-refractivity contribution is 7.13. The second-order valence-corrected chi connectivity index (χ2v) is 7.25. The Hall–Kier alpha value is -3.71. The van der Waals surface area contributed by atoms with Gasteiger partial charge in [-0.15, -0.1) is 11.3 Å². The predicted molar refractivity (Wildman–Crippen MR) is 113 cm³/mol. The second-order valence-electron chi connectivity index (χ2n) is 6.36. The van der Waals surface area contributed by atoms with Crippen molar-refractivity contribution in [2.75, 3.05) is 25.5 Å². The molecule has 3 rings (SSSR count). The molecule has 1 aromatic heterocycles. The zero-order valence-corrected chi connectivity index (χ0v) is 17.1. The van der Waals surface area contributed by atoms with E-state index in [2.05, 4.69) is 20.8 Å². The SMILES string of the molecule is N=C(N)c1ccc(OCCO/N=C(\C(=O)N[C@H]2CNC2=O)c2csc(N)n2)c(CO)c1. The smallest absolute Gasteiger partial charge is 0.276 e. The highest BCUT2D eigenvalue weighted by Crippen LogP contribution is 2.20. The molecule has 0 unspecified atom stereocenters. The van der Waals surface area contributed by atoms with Gasteiger partial charge in [-0.25, -0.2) is 4.98 Å². The third kappa shape index (κ3) is 5.46. The molecule has 8 N–H and O–H groups in total. The number of hydrogen-bond acceptors (Lipinski definition) is 10. The average Bonchev–Trinajstić information content (AvgIpc) is 3.18. The minimum atomic E-state index is -0.633. The molecular weight excluding hydrogens is 426 g/mol. The number of nitrogens with zero attached hydrogens (tertiary/aromatic N) is 2. The zero-order chi connectivity index (χ0) is 22.4. The van der Waals surface area contributed by atoms with Gasteiger partial charge in [0.2, 0.25) is 5.91 Å². The maximum Gasteiger partial charge on any atom is 0.276 e. The van der Waals surface area contributed by atoms with E-state index in [4.69, 9.17) is 26.5 Å². The summed E-state index contributed by atoms with van der Waals surface area (Å²) in [6, 6.07) is 4.11. The van der Waals surface area contributed by atoms with Crippen molar-refractivity contribution in [2.45, 2.75) is 12.6 Å². The molecule has 1 aliphatic rings. The first-order chi connectivity index (χ1) is 14.9. The van der Waals surface area contributed by atoms with Crippen LogP contribution in [0.5, 0.6) is 5.75 Å². The predicted octanol–water partition coefficient (Wildman–Crippen LogP) is -1.08. The Kier molecular flexibility index (Phi) is 6.99. The number of amides is 2. The Bertz CT molecular complexity index is 1020. The number of nitrogens with one attached hydrogen (secondary N) is 3. The highest BCUT2D eigenvalue weighted by Gasteiger charge is 2.31. The van der Waals surface area contributed by atoms with Gasteiger partial charge in [0.25, 0.3) is 5.91 Å². The fourth-order valence-electron chi connectivity index (χ4n) is 2.54. The molecule has 2 aromatic rings. The summed E-state index contributed by atoms with van der Waals surface area (Å²) < 4.78 is 5.57. The molecule has 1 saturated heterocycles. The molecule has 0 bridgehead atoms. The number of β-lactam (4-membered cyclic amide) rings is 1. The fraction of sp³-hybridized carbons (Fsp3) is 0.278. The maximum atomic E-state index is 12.5. The van der Waals surface area contributed by atoms with Crippen molar-refractivity contribution < 1.29 is 24.3 Å². The first kappa shape index (κ1) is 22.0. The quantitative estimate of drug-likeness (QED) is 0.0868. The minimum absolute atomic E-state index is 0.0142. The monoisotopic (exact) mass is 447 g/mol. The van der Waals surface area contributed by atoms with E-state index < -0.39 is 11.9 Å². The number of benzene rings is 1. The van der Waals surface area contributed by atoms with Crippen LogP contribution in [0.1, 0.15) is 16.8 Å². The normalized spacial score (nSPS) is 15.6. The van der Waals surface area contributed by atoms with Crippen molar-refractivity contribution in [1.29, 1.82) is 5.41 Å². The summed E-state index contributed by atoms with van der Waals surface area (Å²) >= 11 is 1.14. The largest absolute Gasteiger partial charge is 0.490 e. The van der Waals surface area contributed by atoms with Gasteiger partial charge in [-0.1, -0.05) is 5.16 Å². The van der Waals surface area contributed by atoms with Crippen LogP contribution >= 0.6 is 11.3 Å². The first-order valence-electron chi connectivity index (χ1n) is 9.10. The number of oxime groups is 1. The lowest BCUT2D eigenvalue weighted by molar-refractivity contribution is -0.131. The van der Waals surface area contributed by atoms with Crippen molar-refractivity contribution in [1.82, 2.24) is 15.6 Å². The number of aliphatic hydroxyl groups is 1. The van der Waals surface area contributed by atoms with E-state index in [-0.39, 0.29) is 48.1 Å². The van der Waals surface area contributed by atoms with E-state index in [0.29, 0.717) is 23.4 Å². The molecule has 0 saturated carbocycles. The van der Waals surface area contributed by atoms with E-state index in [0.717, 1.165) is 11.3 Å². The second kappa shape index (κ2) is 9.86.